The van der Waals surface area contributed by atoms with E-state index in [1.54, 1.807) is 24.5 Å². The number of nitrogens with zero attached hydrogens (tertiary/aromatic N) is 2. The average Bonchev–Trinajstić information content (AvgIpc) is 2.48. The van der Waals surface area contributed by atoms with Crippen molar-refractivity contribution in [3.63, 3.8) is 0 Å². The number of hydrogen-bond donors (Lipinski definition) is 0. The summed E-state index contributed by atoms with van der Waals surface area (Å²) < 4.78 is 13.6. The van der Waals surface area contributed by atoms with Crippen LogP contribution in [0.4, 0.5) is 4.39 Å². The van der Waals surface area contributed by atoms with Crippen molar-refractivity contribution in [3.05, 3.63) is 65.7 Å². The van der Waals surface area contributed by atoms with Gasteiger partial charge in [-0.15, -0.1) is 0 Å². The topological polar surface area (TPSA) is 33.2 Å². The molecule has 0 bridgehead atoms. The van der Waals surface area contributed by atoms with Gasteiger partial charge in [0.1, 0.15) is 5.82 Å². The second-order valence-electron chi connectivity index (χ2n) is 4.56. The minimum atomic E-state index is -0.461. The summed E-state index contributed by atoms with van der Waals surface area (Å²) in [5.74, 6) is -0.656. The van der Waals surface area contributed by atoms with Crippen molar-refractivity contribution in [3.8, 4) is 0 Å². The van der Waals surface area contributed by atoms with Gasteiger partial charge in [-0.05, 0) is 36.4 Å². The molecule has 20 heavy (non-hydrogen) atoms. The van der Waals surface area contributed by atoms with E-state index < -0.39 is 5.82 Å². The molecule has 0 radical (unpaired) electrons. The van der Waals surface area contributed by atoms with E-state index in [2.05, 4.69) is 4.98 Å². The van der Waals surface area contributed by atoms with E-state index in [-0.39, 0.29) is 17.9 Å². The van der Waals surface area contributed by atoms with Gasteiger partial charge in [-0.1, -0.05) is 19.1 Å². The molecule has 0 spiro atoms. The average molecular weight is 272 g/mol. The number of aromatic nitrogens is 1. The molecule has 104 valence electrons. The molecule has 3 nitrogen and oxygen atoms in total. The first-order chi connectivity index (χ1) is 9.70. The minimum Gasteiger partial charge on any atom is -0.293 e. The predicted octanol–water partition coefficient (Wildman–Crippen LogP) is 2.93. The van der Waals surface area contributed by atoms with Crippen LogP contribution < -0.4 is 0 Å². The summed E-state index contributed by atoms with van der Waals surface area (Å²) in [6.45, 7) is 3.57. The van der Waals surface area contributed by atoms with Crippen LogP contribution in [0, 0.1) is 5.82 Å². The summed E-state index contributed by atoms with van der Waals surface area (Å²) in [4.78, 5) is 18.1. The molecule has 0 aliphatic rings. The highest BCUT2D eigenvalue weighted by Crippen LogP contribution is 2.10. The third-order valence-electron chi connectivity index (χ3n) is 3.14. The zero-order chi connectivity index (χ0) is 14.4. The number of carbonyl (C=O) groups is 1. The lowest BCUT2D eigenvalue weighted by Gasteiger charge is -2.19. The number of Topliss-reactive ketones (excluding diaryl/α,β-unsaturated/α-hetero) is 1. The van der Waals surface area contributed by atoms with Crippen molar-refractivity contribution in [1.29, 1.82) is 0 Å². The van der Waals surface area contributed by atoms with Crippen LogP contribution in [-0.4, -0.2) is 28.8 Å². The molecule has 0 saturated carbocycles. The van der Waals surface area contributed by atoms with Crippen molar-refractivity contribution in [2.24, 2.45) is 0 Å². The molecule has 0 N–H and O–H groups in total. The quantitative estimate of drug-likeness (QED) is 0.758. The Morgan fingerprint density at radius 3 is 2.55 bits per heavy atom. The van der Waals surface area contributed by atoms with Gasteiger partial charge in [0, 0.05) is 18.9 Å². The van der Waals surface area contributed by atoms with Gasteiger partial charge >= 0.3 is 0 Å². The molecule has 2 aromatic rings. The van der Waals surface area contributed by atoms with Crippen molar-refractivity contribution in [1.82, 2.24) is 9.88 Å². The summed E-state index contributed by atoms with van der Waals surface area (Å²) >= 11 is 0. The first-order valence-corrected chi connectivity index (χ1v) is 6.59. The molecule has 0 unspecified atom stereocenters. The number of likely N-dealkylation sites (N-methyl/N-ethyl adjacent to an activating group) is 1. The highest BCUT2D eigenvalue weighted by atomic mass is 19.1. The second kappa shape index (κ2) is 6.91. The molecule has 1 heterocycles. The number of hydrogen-bond acceptors (Lipinski definition) is 3. The van der Waals surface area contributed by atoms with Gasteiger partial charge in [-0.2, -0.15) is 0 Å². The molecule has 0 amide bonds. The summed E-state index contributed by atoms with van der Waals surface area (Å²) in [6, 6.07) is 9.92. The molecule has 1 aromatic carbocycles. The Kier molecular flexibility index (Phi) is 4.96. The first-order valence-electron chi connectivity index (χ1n) is 6.59. The summed E-state index contributed by atoms with van der Waals surface area (Å²) in [7, 11) is 0. The number of carbonyl (C=O) groups excluding carboxylic acids is 1. The van der Waals surface area contributed by atoms with E-state index in [1.165, 1.54) is 12.1 Å². The summed E-state index contributed by atoms with van der Waals surface area (Å²) in [5, 5.41) is 0. The molecule has 2 rings (SSSR count). The van der Waals surface area contributed by atoms with Crippen LogP contribution in [-0.2, 0) is 6.54 Å². The zero-order valence-electron chi connectivity index (χ0n) is 11.4. The van der Waals surface area contributed by atoms with Gasteiger partial charge in [-0.3, -0.25) is 14.7 Å². The summed E-state index contributed by atoms with van der Waals surface area (Å²) in [6.07, 6.45) is 3.45. The van der Waals surface area contributed by atoms with E-state index in [0.29, 0.717) is 6.54 Å². The van der Waals surface area contributed by atoms with Crippen LogP contribution >= 0.6 is 0 Å². The van der Waals surface area contributed by atoms with Crippen LogP contribution in [0.5, 0.6) is 0 Å². The van der Waals surface area contributed by atoms with Gasteiger partial charge in [0.25, 0.3) is 0 Å². The molecule has 0 fully saturated rings. The van der Waals surface area contributed by atoms with Gasteiger partial charge in [-0.25, -0.2) is 4.39 Å². The monoisotopic (exact) mass is 272 g/mol. The standard InChI is InChI=1S/C16H17FN2O/c1-2-19(11-13-7-9-18-10-8-13)12-16(20)14-5-3-4-6-15(14)17/h3-10H,2,11-12H2,1H3. The third kappa shape index (κ3) is 3.71. The minimum absolute atomic E-state index is 0.153. The molecular formula is C16H17FN2O. The lowest BCUT2D eigenvalue weighted by atomic mass is 10.1. The Bertz CT molecular complexity index is 572. The largest absolute Gasteiger partial charge is 0.293 e. The van der Waals surface area contributed by atoms with Gasteiger partial charge < -0.3 is 0 Å². The van der Waals surface area contributed by atoms with E-state index in [9.17, 15) is 9.18 Å². The van der Waals surface area contributed by atoms with Crippen molar-refractivity contribution >= 4 is 5.78 Å². The number of pyridine rings is 1. The smallest absolute Gasteiger partial charge is 0.179 e. The maximum absolute atomic E-state index is 13.6. The molecule has 0 atom stereocenters. The Morgan fingerprint density at radius 2 is 1.90 bits per heavy atom. The maximum atomic E-state index is 13.6. The predicted molar refractivity (Wildman–Crippen MR) is 75.9 cm³/mol. The van der Waals surface area contributed by atoms with E-state index in [0.717, 1.165) is 12.1 Å². The first kappa shape index (κ1) is 14.3. The molecule has 0 aliphatic carbocycles. The maximum Gasteiger partial charge on any atom is 0.179 e. The molecular weight excluding hydrogens is 255 g/mol. The number of benzene rings is 1. The Balaban J connectivity index is 2.03. The lowest BCUT2D eigenvalue weighted by molar-refractivity contribution is 0.0925. The lowest BCUT2D eigenvalue weighted by Crippen LogP contribution is -2.29. The second-order valence-corrected chi connectivity index (χ2v) is 4.56. The van der Waals surface area contributed by atoms with Crippen LogP contribution in [0.2, 0.25) is 0 Å². The third-order valence-corrected chi connectivity index (χ3v) is 3.14. The summed E-state index contributed by atoms with van der Waals surface area (Å²) in [5.41, 5.74) is 1.24. The van der Waals surface area contributed by atoms with Crippen LogP contribution in [0.15, 0.2) is 48.8 Å². The molecule has 0 saturated heterocycles. The van der Waals surface area contributed by atoms with Gasteiger partial charge in [0.2, 0.25) is 0 Å². The van der Waals surface area contributed by atoms with Gasteiger partial charge in [0.05, 0.1) is 12.1 Å². The van der Waals surface area contributed by atoms with Crippen molar-refractivity contribution < 1.29 is 9.18 Å². The Labute approximate surface area is 118 Å². The zero-order valence-corrected chi connectivity index (χ0v) is 11.4. The number of ketones is 1. The number of halogens is 1. The fraction of sp³-hybridized carbons (Fsp3) is 0.250. The van der Waals surface area contributed by atoms with E-state index in [4.69, 9.17) is 0 Å². The van der Waals surface area contributed by atoms with Gasteiger partial charge in [0.15, 0.2) is 5.78 Å². The van der Waals surface area contributed by atoms with Crippen LogP contribution in [0.25, 0.3) is 0 Å². The van der Waals surface area contributed by atoms with Crippen molar-refractivity contribution in [2.45, 2.75) is 13.5 Å². The fourth-order valence-corrected chi connectivity index (χ4v) is 2.00. The fourth-order valence-electron chi connectivity index (χ4n) is 2.00. The van der Waals surface area contributed by atoms with Crippen LogP contribution in [0.1, 0.15) is 22.8 Å². The van der Waals surface area contributed by atoms with E-state index >= 15 is 0 Å². The highest BCUT2D eigenvalue weighted by Gasteiger charge is 2.14. The van der Waals surface area contributed by atoms with Crippen LogP contribution in [0.3, 0.4) is 0 Å². The van der Waals surface area contributed by atoms with E-state index in [1.807, 2.05) is 24.0 Å². The molecule has 0 aliphatic heterocycles. The Hall–Kier alpha value is -2.07. The Morgan fingerprint density at radius 1 is 1.20 bits per heavy atom. The number of rotatable bonds is 6. The highest BCUT2D eigenvalue weighted by molar-refractivity contribution is 5.97. The SMILES string of the molecule is CCN(CC(=O)c1ccccc1F)Cc1ccncc1. The molecule has 4 heteroatoms. The normalized spacial score (nSPS) is 10.8. The molecule has 1 aromatic heterocycles. The van der Waals surface area contributed by atoms with Crippen molar-refractivity contribution in [2.75, 3.05) is 13.1 Å².